The van der Waals surface area contributed by atoms with E-state index in [0.717, 1.165) is 30.9 Å². The van der Waals surface area contributed by atoms with Gasteiger partial charge in [0.05, 0.1) is 5.56 Å². The number of pyridine rings is 1. The van der Waals surface area contributed by atoms with Crippen LogP contribution in [0.3, 0.4) is 0 Å². The topological polar surface area (TPSA) is 39.9 Å². The molecule has 0 N–H and O–H groups in total. The molecule has 2 heterocycles. The summed E-state index contributed by atoms with van der Waals surface area (Å²) >= 11 is 0. The highest BCUT2D eigenvalue weighted by Gasteiger charge is 2.25. The highest BCUT2D eigenvalue weighted by molar-refractivity contribution is 5.60. The van der Waals surface area contributed by atoms with E-state index < -0.39 is 0 Å². The molecule has 2 atom stereocenters. The van der Waals surface area contributed by atoms with Crippen molar-refractivity contribution in [1.82, 2.24) is 4.98 Å². The Labute approximate surface area is 192 Å². The van der Waals surface area contributed by atoms with Gasteiger partial charge in [-0.05, 0) is 62.0 Å². The van der Waals surface area contributed by atoms with Crippen molar-refractivity contribution in [2.45, 2.75) is 129 Å². The van der Waals surface area contributed by atoms with Gasteiger partial charge >= 0.3 is 0 Å². The lowest BCUT2D eigenvalue weighted by Gasteiger charge is -2.31. The van der Waals surface area contributed by atoms with Crippen molar-refractivity contribution in [3.63, 3.8) is 0 Å². The van der Waals surface area contributed by atoms with Crippen LogP contribution in [0, 0.1) is 11.3 Å². The monoisotopic (exact) mass is 425 g/mol. The third-order valence-electron chi connectivity index (χ3n) is 7.05. The van der Waals surface area contributed by atoms with E-state index in [1.807, 2.05) is 0 Å². The number of hydrogen-bond acceptors (Lipinski definition) is 3. The van der Waals surface area contributed by atoms with Gasteiger partial charge in [-0.1, -0.05) is 79.1 Å². The predicted octanol–water partition coefficient (Wildman–Crippen LogP) is 8.48. The Balaban J connectivity index is 2.44. The first-order chi connectivity index (χ1) is 15.2. The number of unbranched alkanes of at least 4 members (excludes halogenated alkanes) is 5. The number of piperidine rings is 1. The summed E-state index contributed by atoms with van der Waals surface area (Å²) in [7, 11) is 0. The standard InChI is InChI=1S/C28H47N3/c1-5-8-10-13-18-24(17-12-9-6-2)25-21-27(23(4)16-7-3)30-28(26(25)22-29)31-19-14-11-15-20-31/h21,23-24H,5-20H2,1-4H3. The van der Waals surface area contributed by atoms with Crippen molar-refractivity contribution >= 4 is 5.82 Å². The van der Waals surface area contributed by atoms with Gasteiger partial charge in [0.15, 0.2) is 0 Å². The molecule has 0 aromatic carbocycles. The number of hydrogen-bond donors (Lipinski definition) is 0. The Morgan fingerprint density at radius 3 is 2.16 bits per heavy atom. The molecule has 1 aliphatic heterocycles. The van der Waals surface area contributed by atoms with Crippen LogP contribution in [0.4, 0.5) is 5.82 Å². The highest BCUT2D eigenvalue weighted by atomic mass is 15.2. The van der Waals surface area contributed by atoms with Gasteiger partial charge in [-0.15, -0.1) is 0 Å². The second-order valence-corrected chi connectivity index (χ2v) is 9.73. The SMILES string of the molecule is CCCCCCC(CCCCC)c1cc(C(C)CCC)nc(N2CCCCC2)c1C#N. The van der Waals surface area contributed by atoms with Crippen LogP contribution in [0.1, 0.15) is 146 Å². The highest BCUT2D eigenvalue weighted by Crippen LogP contribution is 2.37. The van der Waals surface area contributed by atoms with Crippen LogP contribution in [0.15, 0.2) is 6.07 Å². The Morgan fingerprint density at radius 2 is 1.55 bits per heavy atom. The maximum absolute atomic E-state index is 10.3. The van der Waals surface area contributed by atoms with Crippen LogP contribution < -0.4 is 4.90 Å². The van der Waals surface area contributed by atoms with Crippen molar-refractivity contribution < 1.29 is 0 Å². The largest absolute Gasteiger partial charge is 0.356 e. The summed E-state index contributed by atoms with van der Waals surface area (Å²) in [4.78, 5) is 7.55. The third kappa shape index (κ3) is 7.81. The summed E-state index contributed by atoms with van der Waals surface area (Å²) < 4.78 is 0. The summed E-state index contributed by atoms with van der Waals surface area (Å²) in [6, 6.07) is 4.96. The lowest BCUT2D eigenvalue weighted by Crippen LogP contribution is -2.31. The average molecular weight is 426 g/mol. The number of nitrogens with zero attached hydrogens (tertiary/aromatic N) is 3. The summed E-state index contributed by atoms with van der Waals surface area (Å²) in [5.41, 5.74) is 3.40. The van der Waals surface area contributed by atoms with E-state index in [9.17, 15) is 5.26 Å². The van der Waals surface area contributed by atoms with Crippen LogP contribution in [0.5, 0.6) is 0 Å². The van der Waals surface area contributed by atoms with Crippen molar-refractivity contribution in [2.75, 3.05) is 18.0 Å². The van der Waals surface area contributed by atoms with Gasteiger partial charge in [0.25, 0.3) is 0 Å². The van der Waals surface area contributed by atoms with Gasteiger partial charge in [-0.3, -0.25) is 0 Å². The second-order valence-electron chi connectivity index (χ2n) is 9.73. The molecular formula is C28H47N3. The van der Waals surface area contributed by atoms with Gasteiger partial charge in [0, 0.05) is 18.8 Å². The Bertz CT molecular complexity index is 670. The fourth-order valence-electron chi connectivity index (χ4n) is 5.09. The van der Waals surface area contributed by atoms with Crippen LogP contribution in [0.25, 0.3) is 0 Å². The van der Waals surface area contributed by atoms with Gasteiger partial charge < -0.3 is 4.90 Å². The zero-order chi connectivity index (χ0) is 22.5. The van der Waals surface area contributed by atoms with E-state index in [0.29, 0.717) is 11.8 Å². The van der Waals surface area contributed by atoms with E-state index in [1.54, 1.807) is 0 Å². The lowest BCUT2D eigenvalue weighted by atomic mass is 9.84. The van der Waals surface area contributed by atoms with Crippen molar-refractivity contribution in [3.05, 3.63) is 22.9 Å². The Hall–Kier alpha value is -1.56. The van der Waals surface area contributed by atoms with Crippen molar-refractivity contribution in [2.24, 2.45) is 0 Å². The van der Waals surface area contributed by atoms with Crippen LogP contribution in [-0.2, 0) is 0 Å². The summed E-state index contributed by atoms with van der Waals surface area (Å²) in [5, 5.41) is 10.3. The minimum atomic E-state index is 0.455. The minimum Gasteiger partial charge on any atom is -0.356 e. The van der Waals surface area contributed by atoms with Gasteiger partial charge in [-0.25, -0.2) is 4.98 Å². The molecule has 0 bridgehead atoms. The van der Waals surface area contributed by atoms with E-state index in [2.05, 4.69) is 44.7 Å². The first-order valence-corrected chi connectivity index (χ1v) is 13.4. The van der Waals surface area contributed by atoms with Gasteiger partial charge in [0.1, 0.15) is 11.9 Å². The number of anilines is 1. The molecule has 174 valence electrons. The Morgan fingerprint density at radius 1 is 0.903 bits per heavy atom. The predicted molar refractivity (Wildman–Crippen MR) is 134 cm³/mol. The molecule has 2 unspecified atom stereocenters. The van der Waals surface area contributed by atoms with Crippen molar-refractivity contribution in [1.29, 1.82) is 5.26 Å². The van der Waals surface area contributed by atoms with Crippen LogP contribution in [-0.4, -0.2) is 18.1 Å². The second kappa shape index (κ2) is 14.5. The summed E-state index contributed by atoms with van der Waals surface area (Å²) in [6.07, 6.45) is 17.5. The first-order valence-electron chi connectivity index (χ1n) is 13.4. The molecule has 1 aromatic rings. The van der Waals surface area contributed by atoms with E-state index in [-0.39, 0.29) is 0 Å². The molecule has 0 spiro atoms. The summed E-state index contributed by atoms with van der Waals surface area (Å²) in [5.74, 6) is 1.94. The fourth-order valence-corrected chi connectivity index (χ4v) is 5.09. The molecule has 2 rings (SSSR count). The van der Waals surface area contributed by atoms with Gasteiger partial charge in [-0.2, -0.15) is 5.26 Å². The van der Waals surface area contributed by atoms with Crippen LogP contribution >= 0.6 is 0 Å². The van der Waals surface area contributed by atoms with E-state index in [4.69, 9.17) is 4.98 Å². The minimum absolute atomic E-state index is 0.455. The Kier molecular flexibility index (Phi) is 12.0. The first kappa shape index (κ1) is 25.7. The molecule has 0 saturated carbocycles. The molecule has 0 radical (unpaired) electrons. The van der Waals surface area contributed by atoms with E-state index >= 15 is 0 Å². The molecule has 0 amide bonds. The number of aromatic nitrogens is 1. The molecule has 1 aromatic heterocycles. The third-order valence-corrected chi connectivity index (χ3v) is 7.05. The van der Waals surface area contributed by atoms with Gasteiger partial charge in [0.2, 0.25) is 0 Å². The van der Waals surface area contributed by atoms with Crippen molar-refractivity contribution in [3.8, 4) is 6.07 Å². The molecule has 1 saturated heterocycles. The molecule has 31 heavy (non-hydrogen) atoms. The van der Waals surface area contributed by atoms with Crippen LogP contribution in [0.2, 0.25) is 0 Å². The quantitative estimate of drug-likeness (QED) is 0.280. The van der Waals surface area contributed by atoms with E-state index in [1.165, 1.54) is 94.7 Å². The zero-order valence-electron chi connectivity index (χ0n) is 20.9. The molecule has 1 fully saturated rings. The number of rotatable bonds is 14. The molecule has 1 aliphatic rings. The average Bonchev–Trinajstić information content (AvgIpc) is 2.80. The summed E-state index contributed by atoms with van der Waals surface area (Å²) in [6.45, 7) is 11.2. The smallest absolute Gasteiger partial charge is 0.147 e. The fraction of sp³-hybridized carbons (Fsp3) is 0.786. The maximum atomic E-state index is 10.3. The maximum Gasteiger partial charge on any atom is 0.147 e. The zero-order valence-corrected chi connectivity index (χ0v) is 20.9. The molecule has 0 aliphatic carbocycles. The lowest BCUT2D eigenvalue weighted by molar-refractivity contribution is 0.498. The molecule has 3 heteroatoms. The number of nitriles is 1. The molecular weight excluding hydrogens is 378 g/mol. The molecule has 3 nitrogen and oxygen atoms in total. The normalized spacial score (nSPS) is 16.2.